The summed E-state index contributed by atoms with van der Waals surface area (Å²) in [6, 6.07) is -0.404. The lowest BCUT2D eigenvalue weighted by Gasteiger charge is -2.29. The molecule has 1 heterocycles. The Morgan fingerprint density at radius 1 is 1.55 bits per heavy atom. The van der Waals surface area contributed by atoms with Crippen molar-refractivity contribution in [3.63, 3.8) is 0 Å². The van der Waals surface area contributed by atoms with Gasteiger partial charge in [-0.05, 0) is 6.92 Å². The molecule has 0 bridgehead atoms. The Hall–Kier alpha value is -0.610. The lowest BCUT2D eigenvalue weighted by Crippen LogP contribution is -3.18. The fourth-order valence-corrected chi connectivity index (χ4v) is 1.23. The van der Waals surface area contributed by atoms with Gasteiger partial charge in [0.05, 0.1) is 19.2 Å². The standard InChI is InChI=1S/C7H13NO3/c1-6(7(9)10)8-2-4-11-5-3-8/h6H,2-5H2,1H3,(H,9,10)/t6-/m1/s1. The Morgan fingerprint density at radius 2 is 2.09 bits per heavy atom. The van der Waals surface area contributed by atoms with E-state index in [9.17, 15) is 9.90 Å². The fraction of sp³-hybridized carbons (Fsp3) is 0.857. The van der Waals surface area contributed by atoms with Crippen LogP contribution in [0.5, 0.6) is 0 Å². The second-order valence-corrected chi connectivity index (χ2v) is 2.81. The monoisotopic (exact) mass is 159 g/mol. The van der Waals surface area contributed by atoms with Crippen LogP contribution in [0.1, 0.15) is 6.92 Å². The van der Waals surface area contributed by atoms with Crippen LogP contribution in [0.15, 0.2) is 0 Å². The van der Waals surface area contributed by atoms with E-state index in [1.807, 2.05) is 0 Å². The van der Waals surface area contributed by atoms with E-state index in [0.29, 0.717) is 13.2 Å². The second kappa shape index (κ2) is 3.69. The van der Waals surface area contributed by atoms with Gasteiger partial charge in [-0.25, -0.2) is 0 Å². The zero-order valence-corrected chi connectivity index (χ0v) is 6.63. The number of morpholine rings is 1. The smallest absolute Gasteiger partial charge is 0.125 e. The van der Waals surface area contributed by atoms with E-state index in [1.54, 1.807) is 6.92 Å². The number of carbonyl (C=O) groups excluding carboxylic acids is 1. The molecule has 0 radical (unpaired) electrons. The first-order valence-corrected chi connectivity index (χ1v) is 3.85. The maximum atomic E-state index is 10.4. The molecule has 64 valence electrons. The predicted molar refractivity (Wildman–Crippen MR) is 36.0 cm³/mol. The summed E-state index contributed by atoms with van der Waals surface area (Å²) in [5.41, 5.74) is 0. The minimum atomic E-state index is -0.970. The van der Waals surface area contributed by atoms with Crippen LogP contribution in [0.4, 0.5) is 0 Å². The highest BCUT2D eigenvalue weighted by molar-refractivity contribution is 5.68. The Morgan fingerprint density at radius 3 is 2.55 bits per heavy atom. The molecule has 4 heteroatoms. The summed E-state index contributed by atoms with van der Waals surface area (Å²) >= 11 is 0. The summed E-state index contributed by atoms with van der Waals surface area (Å²) < 4.78 is 5.10. The van der Waals surface area contributed by atoms with Crippen molar-refractivity contribution in [1.82, 2.24) is 0 Å². The number of ether oxygens (including phenoxy) is 1. The normalized spacial score (nSPS) is 23.0. The van der Waals surface area contributed by atoms with Gasteiger partial charge in [-0.1, -0.05) is 0 Å². The van der Waals surface area contributed by atoms with E-state index in [2.05, 4.69) is 0 Å². The van der Waals surface area contributed by atoms with Gasteiger partial charge in [-0.2, -0.15) is 0 Å². The zero-order valence-electron chi connectivity index (χ0n) is 6.63. The highest BCUT2D eigenvalue weighted by Crippen LogP contribution is 1.79. The van der Waals surface area contributed by atoms with Crippen molar-refractivity contribution < 1.29 is 19.5 Å². The first kappa shape index (κ1) is 8.49. The molecule has 1 rings (SSSR count). The number of quaternary nitrogens is 1. The van der Waals surface area contributed by atoms with Crippen molar-refractivity contribution in [2.45, 2.75) is 13.0 Å². The molecular weight excluding hydrogens is 146 g/mol. The van der Waals surface area contributed by atoms with Crippen molar-refractivity contribution in [2.24, 2.45) is 0 Å². The topological polar surface area (TPSA) is 53.8 Å². The highest BCUT2D eigenvalue weighted by Gasteiger charge is 2.20. The predicted octanol–water partition coefficient (Wildman–Crippen LogP) is -2.96. The van der Waals surface area contributed by atoms with Crippen LogP contribution in [-0.4, -0.2) is 38.3 Å². The largest absolute Gasteiger partial charge is 0.544 e. The third-order valence-electron chi connectivity index (χ3n) is 2.10. The van der Waals surface area contributed by atoms with Gasteiger partial charge in [0, 0.05) is 0 Å². The van der Waals surface area contributed by atoms with E-state index >= 15 is 0 Å². The van der Waals surface area contributed by atoms with Crippen LogP contribution >= 0.6 is 0 Å². The van der Waals surface area contributed by atoms with Crippen molar-refractivity contribution in [1.29, 1.82) is 0 Å². The quantitative estimate of drug-likeness (QED) is 0.468. The maximum Gasteiger partial charge on any atom is 0.125 e. The summed E-state index contributed by atoms with van der Waals surface area (Å²) in [6.07, 6.45) is 0. The van der Waals surface area contributed by atoms with Gasteiger partial charge in [0.15, 0.2) is 0 Å². The van der Waals surface area contributed by atoms with Gasteiger partial charge in [0.2, 0.25) is 0 Å². The van der Waals surface area contributed by atoms with Crippen molar-refractivity contribution in [3.05, 3.63) is 0 Å². The van der Waals surface area contributed by atoms with Gasteiger partial charge < -0.3 is 19.5 Å². The molecule has 1 aliphatic rings. The molecule has 1 fully saturated rings. The average molecular weight is 159 g/mol. The Bertz CT molecular complexity index is 143. The molecule has 0 aromatic carbocycles. The molecule has 1 saturated heterocycles. The number of carbonyl (C=O) groups is 1. The third-order valence-corrected chi connectivity index (χ3v) is 2.10. The fourth-order valence-electron chi connectivity index (χ4n) is 1.23. The minimum absolute atomic E-state index is 0.404. The molecular formula is C7H13NO3. The van der Waals surface area contributed by atoms with Gasteiger partial charge in [-0.15, -0.1) is 0 Å². The molecule has 1 aliphatic heterocycles. The highest BCUT2D eigenvalue weighted by atomic mass is 16.5. The van der Waals surface area contributed by atoms with Crippen LogP contribution in [0.2, 0.25) is 0 Å². The van der Waals surface area contributed by atoms with E-state index < -0.39 is 12.0 Å². The molecule has 0 aliphatic carbocycles. The van der Waals surface area contributed by atoms with Crippen LogP contribution in [0.25, 0.3) is 0 Å². The number of aliphatic carboxylic acids is 1. The van der Waals surface area contributed by atoms with E-state index in [-0.39, 0.29) is 0 Å². The second-order valence-electron chi connectivity index (χ2n) is 2.81. The third kappa shape index (κ3) is 2.17. The SMILES string of the molecule is C[C@H](C(=O)[O-])[NH+]1CCOCC1. The van der Waals surface area contributed by atoms with E-state index in [4.69, 9.17) is 4.74 Å². The number of carboxylic acids is 1. The van der Waals surface area contributed by atoms with Gasteiger partial charge in [0.1, 0.15) is 19.1 Å². The maximum absolute atomic E-state index is 10.4. The number of hydrogen-bond donors (Lipinski definition) is 1. The molecule has 0 saturated carbocycles. The number of hydrogen-bond acceptors (Lipinski definition) is 3. The Labute approximate surface area is 65.8 Å². The zero-order chi connectivity index (χ0) is 8.27. The summed E-state index contributed by atoms with van der Waals surface area (Å²) in [4.78, 5) is 11.5. The number of carboxylic acid groups (broad SMARTS) is 1. The molecule has 0 unspecified atom stereocenters. The number of rotatable bonds is 2. The van der Waals surface area contributed by atoms with Crippen molar-refractivity contribution in [3.8, 4) is 0 Å². The average Bonchev–Trinajstić information content (AvgIpc) is 2.05. The first-order valence-electron chi connectivity index (χ1n) is 3.85. The summed E-state index contributed by atoms with van der Waals surface area (Å²) in [6.45, 7) is 4.54. The van der Waals surface area contributed by atoms with Crippen LogP contribution in [0.3, 0.4) is 0 Å². The molecule has 11 heavy (non-hydrogen) atoms. The molecule has 0 aromatic rings. The molecule has 4 nitrogen and oxygen atoms in total. The van der Waals surface area contributed by atoms with Crippen LogP contribution in [0, 0.1) is 0 Å². The minimum Gasteiger partial charge on any atom is -0.544 e. The van der Waals surface area contributed by atoms with Crippen molar-refractivity contribution in [2.75, 3.05) is 26.3 Å². The van der Waals surface area contributed by atoms with Crippen LogP contribution in [-0.2, 0) is 9.53 Å². The summed E-state index contributed by atoms with van der Waals surface area (Å²) in [5, 5.41) is 10.4. The van der Waals surface area contributed by atoms with Crippen molar-refractivity contribution >= 4 is 5.97 Å². The Kier molecular flexibility index (Phi) is 2.84. The van der Waals surface area contributed by atoms with Gasteiger partial charge in [0.25, 0.3) is 0 Å². The summed E-state index contributed by atoms with van der Waals surface area (Å²) in [5.74, 6) is -0.970. The number of nitrogens with one attached hydrogen (secondary N) is 1. The molecule has 0 spiro atoms. The van der Waals surface area contributed by atoms with E-state index in [1.165, 1.54) is 0 Å². The first-order chi connectivity index (χ1) is 5.22. The molecule has 0 amide bonds. The van der Waals surface area contributed by atoms with E-state index in [0.717, 1.165) is 18.0 Å². The molecule has 1 N–H and O–H groups in total. The molecule has 1 atom stereocenters. The Balaban J connectivity index is 2.38. The van der Waals surface area contributed by atoms with Gasteiger partial charge in [-0.3, -0.25) is 0 Å². The lowest BCUT2D eigenvalue weighted by atomic mass is 10.2. The molecule has 0 aromatic heterocycles. The van der Waals surface area contributed by atoms with Gasteiger partial charge >= 0.3 is 0 Å². The lowest BCUT2D eigenvalue weighted by molar-refractivity contribution is -0.924. The summed E-state index contributed by atoms with van der Waals surface area (Å²) in [7, 11) is 0. The van der Waals surface area contributed by atoms with Crippen LogP contribution < -0.4 is 10.0 Å².